The van der Waals surface area contributed by atoms with Crippen molar-refractivity contribution in [1.29, 1.82) is 0 Å². The van der Waals surface area contributed by atoms with Gasteiger partial charge < -0.3 is 35.8 Å². The van der Waals surface area contributed by atoms with Gasteiger partial charge in [0, 0.05) is 26.3 Å². The van der Waals surface area contributed by atoms with Crippen LogP contribution in [0.25, 0.3) is 0 Å². The highest BCUT2D eigenvalue weighted by Gasteiger charge is 1.95. The first-order valence-corrected chi connectivity index (χ1v) is 5.77. The highest BCUT2D eigenvalue weighted by Crippen LogP contribution is 1.84. The summed E-state index contributed by atoms with van der Waals surface area (Å²) in [7, 11) is 0. The summed E-state index contributed by atoms with van der Waals surface area (Å²) in [5.74, 6) is 0. The van der Waals surface area contributed by atoms with E-state index in [9.17, 15) is 9.59 Å². The number of carboxylic acid groups (broad SMARTS) is 2. The largest absolute Gasteiger partial charge is 0.465 e. The van der Waals surface area contributed by atoms with Gasteiger partial charge in [0.2, 0.25) is 0 Å². The molecule has 19 heavy (non-hydrogen) atoms. The molecule has 0 atom stereocenters. The number of carbonyl (C=O) groups is 2. The number of aliphatic hydroxyl groups is 2. The minimum absolute atomic E-state index is 0.125. The van der Waals surface area contributed by atoms with Crippen LogP contribution >= 0.6 is 0 Å². The minimum atomic E-state index is -1.04. The van der Waals surface area contributed by atoms with Crippen LogP contribution < -0.4 is 10.6 Å². The fourth-order valence-electron chi connectivity index (χ4n) is 0.841. The molecule has 0 spiro atoms. The maximum Gasteiger partial charge on any atom is 0.404 e. The predicted octanol–water partition coefficient (Wildman–Crippen LogP) is -0.711. The van der Waals surface area contributed by atoms with E-state index in [1.807, 2.05) is 0 Å². The van der Waals surface area contributed by atoms with E-state index in [2.05, 4.69) is 10.6 Å². The molecule has 0 aromatic rings. The molecule has 0 radical (unpaired) electrons. The normalized spacial score (nSPS) is 9.16. The zero-order chi connectivity index (χ0) is 14.9. The van der Waals surface area contributed by atoms with E-state index < -0.39 is 12.2 Å². The first-order valence-electron chi connectivity index (χ1n) is 5.77. The molecule has 0 aliphatic rings. The van der Waals surface area contributed by atoms with Gasteiger partial charge in [-0.2, -0.15) is 0 Å². The third-order valence-electron chi connectivity index (χ3n) is 1.58. The molecule has 0 aliphatic heterocycles. The molecule has 9 heteroatoms. The van der Waals surface area contributed by atoms with Crippen LogP contribution in [0.15, 0.2) is 0 Å². The number of hydrogen-bond acceptors (Lipinski definition) is 5. The Hall–Kier alpha value is -1.58. The standard InChI is InChI=1S/C8H16N2O5.C2H6O2/c11-7(12)9-3-1-5-15-6-2-4-10-8(13)14;3-1-2-4/h9-10H,1-6H2,(H,11,12)(H,13,14);3-4H,1-2H2. The van der Waals surface area contributed by atoms with Crippen LogP contribution in [0, 0.1) is 0 Å². The van der Waals surface area contributed by atoms with Gasteiger partial charge in [0.15, 0.2) is 0 Å². The Morgan fingerprint density at radius 2 is 1.21 bits per heavy atom. The monoisotopic (exact) mass is 282 g/mol. The van der Waals surface area contributed by atoms with Crippen molar-refractivity contribution in [2.45, 2.75) is 12.8 Å². The van der Waals surface area contributed by atoms with Gasteiger partial charge in [-0.1, -0.05) is 0 Å². The van der Waals surface area contributed by atoms with Crippen LogP contribution in [0.5, 0.6) is 0 Å². The Labute approximate surface area is 111 Å². The molecular weight excluding hydrogens is 260 g/mol. The molecule has 2 amide bonds. The number of hydrogen-bond donors (Lipinski definition) is 6. The summed E-state index contributed by atoms with van der Waals surface area (Å²) in [5, 5.41) is 36.1. The predicted molar refractivity (Wildman–Crippen MR) is 66.3 cm³/mol. The van der Waals surface area contributed by atoms with Gasteiger partial charge in [0.05, 0.1) is 13.2 Å². The summed E-state index contributed by atoms with van der Waals surface area (Å²) in [4.78, 5) is 20.0. The lowest BCUT2D eigenvalue weighted by atomic mass is 10.4. The molecule has 6 N–H and O–H groups in total. The molecule has 0 aromatic heterocycles. The second-order valence-electron chi connectivity index (χ2n) is 3.23. The Bertz CT molecular complexity index is 204. The van der Waals surface area contributed by atoms with Gasteiger partial charge in [-0.25, -0.2) is 9.59 Å². The first-order chi connectivity index (χ1) is 9.04. The zero-order valence-corrected chi connectivity index (χ0v) is 10.7. The number of ether oxygens (including phenoxy) is 1. The molecule has 0 rings (SSSR count). The summed E-state index contributed by atoms with van der Waals surface area (Å²) in [6.07, 6.45) is -0.863. The van der Waals surface area contributed by atoms with Crippen molar-refractivity contribution in [3.63, 3.8) is 0 Å². The number of rotatable bonds is 9. The lowest BCUT2D eigenvalue weighted by molar-refractivity contribution is 0.128. The summed E-state index contributed by atoms with van der Waals surface area (Å²) >= 11 is 0. The fourth-order valence-corrected chi connectivity index (χ4v) is 0.841. The maximum atomic E-state index is 10.0. The van der Waals surface area contributed by atoms with Crippen LogP contribution in [0.3, 0.4) is 0 Å². The van der Waals surface area contributed by atoms with E-state index in [0.29, 0.717) is 39.1 Å². The summed E-state index contributed by atoms with van der Waals surface area (Å²) < 4.78 is 5.13. The first kappa shape index (κ1) is 19.8. The van der Waals surface area contributed by atoms with E-state index in [1.54, 1.807) is 0 Å². The smallest absolute Gasteiger partial charge is 0.404 e. The maximum absolute atomic E-state index is 10.0. The van der Waals surface area contributed by atoms with Crippen LogP contribution in [0.2, 0.25) is 0 Å². The number of amides is 2. The number of nitrogens with one attached hydrogen (secondary N) is 2. The Balaban J connectivity index is 0. The van der Waals surface area contributed by atoms with E-state index in [1.165, 1.54) is 0 Å². The third kappa shape index (κ3) is 26.2. The van der Waals surface area contributed by atoms with Crippen molar-refractivity contribution in [3.8, 4) is 0 Å². The van der Waals surface area contributed by atoms with Crippen LogP contribution in [-0.2, 0) is 4.74 Å². The molecule has 0 saturated carbocycles. The third-order valence-corrected chi connectivity index (χ3v) is 1.58. The molecule has 9 nitrogen and oxygen atoms in total. The minimum Gasteiger partial charge on any atom is -0.465 e. The molecule has 0 fully saturated rings. The van der Waals surface area contributed by atoms with Crippen molar-refractivity contribution >= 4 is 12.2 Å². The molecule has 0 unspecified atom stereocenters. The van der Waals surface area contributed by atoms with Crippen molar-refractivity contribution in [1.82, 2.24) is 10.6 Å². The van der Waals surface area contributed by atoms with Crippen molar-refractivity contribution < 1.29 is 34.8 Å². The van der Waals surface area contributed by atoms with Crippen LogP contribution in [0.1, 0.15) is 12.8 Å². The van der Waals surface area contributed by atoms with Crippen molar-refractivity contribution in [3.05, 3.63) is 0 Å². The van der Waals surface area contributed by atoms with Gasteiger partial charge in [-0.3, -0.25) is 0 Å². The van der Waals surface area contributed by atoms with E-state index in [-0.39, 0.29) is 13.2 Å². The SMILES string of the molecule is O=C(O)NCCCOCCCNC(=O)O.OCCO. The Morgan fingerprint density at radius 1 is 0.842 bits per heavy atom. The molecule has 0 saturated heterocycles. The average Bonchev–Trinajstić information content (AvgIpc) is 2.36. The van der Waals surface area contributed by atoms with Gasteiger partial charge in [0.25, 0.3) is 0 Å². The van der Waals surface area contributed by atoms with E-state index >= 15 is 0 Å². The van der Waals surface area contributed by atoms with Gasteiger partial charge >= 0.3 is 12.2 Å². The van der Waals surface area contributed by atoms with Crippen molar-refractivity contribution in [2.75, 3.05) is 39.5 Å². The van der Waals surface area contributed by atoms with Gasteiger partial charge in [-0.05, 0) is 12.8 Å². The summed E-state index contributed by atoms with van der Waals surface area (Å²) in [6.45, 7) is 1.41. The van der Waals surface area contributed by atoms with E-state index in [4.69, 9.17) is 25.2 Å². The summed E-state index contributed by atoms with van der Waals surface area (Å²) in [5.41, 5.74) is 0. The summed E-state index contributed by atoms with van der Waals surface area (Å²) in [6, 6.07) is 0. The average molecular weight is 282 g/mol. The molecule has 0 aromatic carbocycles. The molecular formula is C10H22N2O7. The molecule has 0 heterocycles. The van der Waals surface area contributed by atoms with Crippen LogP contribution in [-0.4, -0.2) is 72.1 Å². The lowest BCUT2D eigenvalue weighted by Crippen LogP contribution is -2.24. The highest BCUT2D eigenvalue weighted by atomic mass is 16.5. The van der Waals surface area contributed by atoms with Gasteiger partial charge in [-0.15, -0.1) is 0 Å². The lowest BCUT2D eigenvalue weighted by Gasteiger charge is -2.04. The van der Waals surface area contributed by atoms with Crippen LogP contribution in [0.4, 0.5) is 9.59 Å². The Morgan fingerprint density at radius 3 is 1.47 bits per heavy atom. The quantitative estimate of drug-likeness (QED) is 0.306. The second kappa shape index (κ2) is 16.4. The molecule has 114 valence electrons. The highest BCUT2D eigenvalue weighted by molar-refractivity contribution is 5.64. The number of aliphatic hydroxyl groups excluding tert-OH is 2. The zero-order valence-electron chi connectivity index (χ0n) is 10.7. The molecule has 0 aliphatic carbocycles. The van der Waals surface area contributed by atoms with Crippen molar-refractivity contribution in [2.24, 2.45) is 0 Å². The Kier molecular flexibility index (Phi) is 17.1. The topological polar surface area (TPSA) is 148 Å². The molecule has 0 bridgehead atoms. The van der Waals surface area contributed by atoms with E-state index in [0.717, 1.165) is 0 Å². The van der Waals surface area contributed by atoms with Gasteiger partial charge in [0.1, 0.15) is 0 Å². The second-order valence-corrected chi connectivity index (χ2v) is 3.23. The fraction of sp³-hybridized carbons (Fsp3) is 0.800.